The molecule has 0 unspecified atom stereocenters. The minimum atomic E-state index is 0. The summed E-state index contributed by atoms with van der Waals surface area (Å²) in [5.74, 6) is 0. The van der Waals surface area contributed by atoms with Crippen molar-refractivity contribution < 1.29 is 112 Å². The van der Waals surface area contributed by atoms with Crippen LogP contribution in [0.3, 0.4) is 0 Å². The van der Waals surface area contributed by atoms with Crippen LogP contribution in [0.4, 0.5) is 0 Å². The van der Waals surface area contributed by atoms with Gasteiger partial charge in [0.15, 0.2) is 0 Å². The van der Waals surface area contributed by atoms with Crippen molar-refractivity contribution in [1.29, 1.82) is 0 Å². The molecule has 0 saturated carbocycles. The Hall–Kier alpha value is 2.28. The summed E-state index contributed by atoms with van der Waals surface area (Å²) in [5, 5.41) is 0. The summed E-state index contributed by atoms with van der Waals surface area (Å²) in [7, 11) is 0. The molecule has 0 aliphatic carbocycles. The fourth-order valence-electron chi connectivity index (χ4n) is 0. The Labute approximate surface area is 111 Å². The maximum Gasteiger partial charge on any atom is 5.00 e. The minimum absolute atomic E-state index is 0. The van der Waals surface area contributed by atoms with Crippen molar-refractivity contribution in [2.75, 3.05) is 0 Å². The van der Waals surface area contributed by atoms with E-state index in [0.29, 0.717) is 0 Å². The molecule has 0 aromatic rings. The van der Waals surface area contributed by atoms with Crippen LogP contribution >= 0.6 is 0 Å². The van der Waals surface area contributed by atoms with Crippen LogP contribution < -0.4 is 18.9 Å². The molecule has 0 radical (unpaired) electrons. The van der Waals surface area contributed by atoms with E-state index in [4.69, 9.17) is 0 Å². The molecule has 58 valence electrons. The summed E-state index contributed by atoms with van der Waals surface area (Å²) in [6.07, 6.45) is 0. The molecule has 0 aromatic heterocycles. The second kappa shape index (κ2) is 229. The molecule has 0 aliphatic rings. The minimum Gasteiger partial charge on any atom is -2.00 e. The zero-order valence-corrected chi connectivity index (χ0v) is 10.7. The summed E-state index contributed by atoms with van der Waals surface area (Å²) in [6, 6.07) is 0. The van der Waals surface area contributed by atoms with E-state index < -0.39 is 0 Å². The van der Waals surface area contributed by atoms with E-state index in [0.717, 1.165) is 0 Å². The maximum absolute atomic E-state index is 0. The second-order valence-electron chi connectivity index (χ2n) is 0. The van der Waals surface area contributed by atoms with Gasteiger partial charge in [0, 0.05) is 0 Å². The summed E-state index contributed by atoms with van der Waals surface area (Å²) in [4.78, 5) is 0. The van der Waals surface area contributed by atoms with Crippen LogP contribution in [0.25, 0.3) is 0 Å². The molecule has 10 heteroatoms. The Morgan fingerprint density at radius 1 is 0.500 bits per heavy atom. The molecule has 10 heavy (non-hydrogen) atoms. The van der Waals surface area contributed by atoms with Gasteiger partial charge in [0.25, 0.3) is 0 Å². The van der Waals surface area contributed by atoms with Gasteiger partial charge in [0.1, 0.15) is 0 Å². The largest absolute Gasteiger partial charge is 5.00 e. The number of hydrogen-bond acceptors (Lipinski definition) is 0. The summed E-state index contributed by atoms with van der Waals surface area (Å²) >= 11 is 0. The van der Waals surface area contributed by atoms with Crippen molar-refractivity contribution in [3.8, 4) is 0 Å². The summed E-state index contributed by atoms with van der Waals surface area (Å²) in [6.45, 7) is 0. The first-order chi connectivity index (χ1) is 0. The van der Waals surface area contributed by atoms with E-state index in [2.05, 4.69) is 0 Å². The van der Waals surface area contributed by atoms with E-state index in [1.807, 2.05) is 0 Å². The normalized spacial score (nSPS) is 0. The Morgan fingerprint density at radius 3 is 0.500 bits per heavy atom. The van der Waals surface area contributed by atoms with Gasteiger partial charge in [0.05, 0.1) is 0 Å². The maximum atomic E-state index is 0. The molecule has 0 rings (SSSR count). The van der Waals surface area contributed by atoms with Crippen LogP contribution in [0.1, 0.15) is 0 Å². The van der Waals surface area contributed by atoms with Crippen LogP contribution in [0.2, 0.25) is 0 Å². The Balaban J connectivity index is 0. The van der Waals surface area contributed by atoms with Crippen LogP contribution in [-0.2, 0) is 92.8 Å². The molecule has 0 aromatic carbocycles. The fraction of sp³-hybridized carbons (Fsp3) is 0. The van der Waals surface area contributed by atoms with E-state index in [1.54, 1.807) is 0 Å². The fourth-order valence-corrected chi connectivity index (χ4v) is 0. The van der Waals surface area contributed by atoms with Gasteiger partial charge in [-0.3, -0.25) is 0 Å². The quantitative estimate of drug-likeness (QED) is 0.339. The summed E-state index contributed by atoms with van der Waals surface area (Å²) in [5.41, 5.74) is 0. The standard InChI is InChI=1S/Li.Nb.Ni.6O.W/q+1;+5;+2;6*-2;+4. The molecule has 0 spiro atoms. The van der Waals surface area contributed by atoms with Gasteiger partial charge >= 0.3 is 78.8 Å². The zero-order valence-electron chi connectivity index (χ0n) is 4.62. The molecule has 0 N–H and O–H groups in total. The summed E-state index contributed by atoms with van der Waals surface area (Å²) < 4.78 is 0. The van der Waals surface area contributed by atoms with Crippen molar-refractivity contribution in [1.82, 2.24) is 0 Å². The van der Waals surface area contributed by atoms with Gasteiger partial charge in [0.2, 0.25) is 0 Å². The van der Waals surface area contributed by atoms with Crippen molar-refractivity contribution in [2.24, 2.45) is 0 Å². The van der Waals surface area contributed by atoms with Crippen LogP contribution in [-0.4, -0.2) is 0 Å². The average Bonchev–Trinajstić information content (AvgIpc) is 0. The third kappa shape index (κ3) is 170. The molecule has 0 bridgehead atoms. The Morgan fingerprint density at radius 2 is 0.500 bits per heavy atom. The van der Waals surface area contributed by atoms with Gasteiger partial charge in [-0.1, -0.05) is 0 Å². The van der Waals surface area contributed by atoms with Crippen molar-refractivity contribution in [3.05, 3.63) is 0 Å². The smallest absolute Gasteiger partial charge is 2.00 e. The molecule has 0 amide bonds. The van der Waals surface area contributed by atoms with E-state index in [1.165, 1.54) is 0 Å². The first-order valence-electron chi connectivity index (χ1n) is 0. The van der Waals surface area contributed by atoms with Gasteiger partial charge in [-0.15, -0.1) is 0 Å². The Kier molecular flexibility index (Phi) is 6900. The first-order valence-corrected chi connectivity index (χ1v) is 0. The van der Waals surface area contributed by atoms with Crippen molar-refractivity contribution in [3.63, 3.8) is 0 Å². The van der Waals surface area contributed by atoms with Crippen LogP contribution in [0.15, 0.2) is 0 Å². The molecule has 0 aliphatic heterocycles. The van der Waals surface area contributed by atoms with E-state index in [-0.39, 0.29) is 112 Å². The van der Waals surface area contributed by atoms with Crippen molar-refractivity contribution in [2.45, 2.75) is 0 Å². The van der Waals surface area contributed by atoms with Crippen molar-refractivity contribution >= 4 is 0 Å². The van der Waals surface area contributed by atoms with Gasteiger partial charge in [-0.05, 0) is 0 Å². The molecule has 6 nitrogen and oxygen atoms in total. The van der Waals surface area contributed by atoms with Crippen LogP contribution in [0.5, 0.6) is 0 Å². The van der Waals surface area contributed by atoms with Gasteiger partial charge in [-0.2, -0.15) is 0 Å². The average molecular weight is 438 g/mol. The third-order valence-electron chi connectivity index (χ3n) is 0. The topological polar surface area (TPSA) is 171 Å². The molecule has 0 heterocycles. The molecular formula is LiNbNiO6W. The SMILES string of the molecule is [Li+].[Nb+5].[Ni+2].[O-2].[O-2].[O-2].[O-2].[O-2].[O-2].[W+4]. The molecule has 0 fully saturated rings. The first kappa shape index (κ1) is 301. The van der Waals surface area contributed by atoms with Gasteiger partial charge < -0.3 is 32.9 Å². The Bertz CT molecular complexity index is 17.7. The zero-order chi connectivity index (χ0) is 0. The third-order valence-corrected chi connectivity index (χ3v) is 0. The molecule has 0 atom stereocenters. The predicted molar refractivity (Wildman–Crippen MR) is 4.12 cm³/mol. The van der Waals surface area contributed by atoms with Gasteiger partial charge in [-0.25, -0.2) is 0 Å². The van der Waals surface area contributed by atoms with E-state index in [9.17, 15) is 0 Å². The van der Waals surface area contributed by atoms with Crippen LogP contribution in [0, 0.1) is 0 Å². The van der Waals surface area contributed by atoms with E-state index >= 15 is 0 Å². The predicted octanol–water partition coefficient (Wildman–Crippen LogP) is -3.72. The second-order valence-corrected chi connectivity index (χ2v) is 0. The number of rotatable bonds is 0. The monoisotopic (exact) mass is 438 g/mol. The molecular weight excluding hydrogens is 438 g/mol. The number of hydrogen-bond donors (Lipinski definition) is 0. The molecule has 0 saturated heterocycles.